The van der Waals surface area contributed by atoms with Crippen LogP contribution in [-0.2, 0) is 12.6 Å². The Morgan fingerprint density at radius 2 is 2.00 bits per heavy atom. The van der Waals surface area contributed by atoms with Crippen molar-refractivity contribution in [1.29, 1.82) is 0 Å². The van der Waals surface area contributed by atoms with Gasteiger partial charge in [-0.05, 0) is 24.1 Å². The van der Waals surface area contributed by atoms with E-state index in [4.69, 9.17) is 11.5 Å². The van der Waals surface area contributed by atoms with E-state index in [1.165, 1.54) is 18.2 Å². The standard InChI is InChI=1S/C13H11F3N4O/c1-2-3-6-4-7-5-8(11(18)21)10(17)20-12(7)19-9(6)13(14,15)16/h2,4-5H,1,3H2,(H2,18,21)(H2,17,19,20). The molecule has 0 saturated carbocycles. The van der Waals surface area contributed by atoms with E-state index in [-0.39, 0.29) is 34.4 Å². The molecule has 21 heavy (non-hydrogen) atoms. The van der Waals surface area contributed by atoms with Crippen molar-refractivity contribution in [1.82, 2.24) is 9.97 Å². The molecule has 1 amide bonds. The Morgan fingerprint density at radius 1 is 1.33 bits per heavy atom. The minimum absolute atomic E-state index is 0.0198. The maximum Gasteiger partial charge on any atom is 0.433 e. The van der Waals surface area contributed by atoms with Crippen LogP contribution in [0.5, 0.6) is 0 Å². The number of carbonyl (C=O) groups excluding carboxylic acids is 1. The number of aromatic nitrogens is 2. The molecule has 0 saturated heterocycles. The second kappa shape index (κ2) is 5.04. The summed E-state index contributed by atoms with van der Waals surface area (Å²) in [7, 11) is 0. The fraction of sp³-hybridized carbons (Fsp3) is 0.154. The summed E-state index contributed by atoms with van der Waals surface area (Å²) in [5, 5.41) is 0.253. The molecule has 8 heteroatoms. The second-order valence-corrected chi connectivity index (χ2v) is 4.32. The second-order valence-electron chi connectivity index (χ2n) is 4.32. The van der Waals surface area contributed by atoms with Crippen molar-refractivity contribution in [2.24, 2.45) is 5.73 Å². The number of hydrogen-bond acceptors (Lipinski definition) is 4. The molecular weight excluding hydrogens is 285 g/mol. The molecule has 0 unspecified atom stereocenters. The van der Waals surface area contributed by atoms with Gasteiger partial charge in [0.15, 0.2) is 5.65 Å². The topological polar surface area (TPSA) is 94.9 Å². The number of carbonyl (C=O) groups is 1. The minimum Gasteiger partial charge on any atom is -0.383 e. The van der Waals surface area contributed by atoms with Crippen LogP contribution in [0.15, 0.2) is 24.8 Å². The number of pyridine rings is 2. The zero-order valence-electron chi connectivity index (χ0n) is 10.7. The highest BCUT2D eigenvalue weighted by Gasteiger charge is 2.35. The average Bonchev–Trinajstić information content (AvgIpc) is 2.36. The molecule has 5 nitrogen and oxygen atoms in total. The predicted octanol–water partition coefficient (Wildman–Crippen LogP) is 2.06. The third kappa shape index (κ3) is 2.78. The molecule has 2 rings (SSSR count). The first-order valence-corrected chi connectivity index (χ1v) is 5.82. The number of nitrogens with two attached hydrogens (primary N) is 2. The molecule has 0 bridgehead atoms. The quantitative estimate of drug-likeness (QED) is 0.847. The van der Waals surface area contributed by atoms with Gasteiger partial charge in [0.05, 0.1) is 5.56 Å². The number of alkyl halides is 3. The van der Waals surface area contributed by atoms with E-state index in [9.17, 15) is 18.0 Å². The van der Waals surface area contributed by atoms with Gasteiger partial charge in [-0.3, -0.25) is 4.79 Å². The summed E-state index contributed by atoms with van der Waals surface area (Å²) in [4.78, 5) is 18.4. The minimum atomic E-state index is -4.62. The number of amides is 1. The maximum absolute atomic E-state index is 13.0. The van der Waals surface area contributed by atoms with E-state index in [2.05, 4.69) is 16.5 Å². The number of primary amides is 1. The lowest BCUT2D eigenvalue weighted by molar-refractivity contribution is -0.141. The van der Waals surface area contributed by atoms with Crippen molar-refractivity contribution in [3.05, 3.63) is 41.6 Å². The van der Waals surface area contributed by atoms with Gasteiger partial charge in [0.25, 0.3) is 5.91 Å². The molecule has 0 atom stereocenters. The summed E-state index contributed by atoms with van der Waals surface area (Å²) in [5.41, 5.74) is 9.25. The van der Waals surface area contributed by atoms with Gasteiger partial charge in [0, 0.05) is 5.39 Å². The first kappa shape index (κ1) is 14.8. The van der Waals surface area contributed by atoms with E-state index in [0.29, 0.717) is 0 Å². The van der Waals surface area contributed by atoms with Gasteiger partial charge in [0.1, 0.15) is 11.5 Å². The monoisotopic (exact) mass is 296 g/mol. The summed E-state index contributed by atoms with van der Waals surface area (Å²) >= 11 is 0. The number of nitrogen functional groups attached to an aromatic ring is 1. The van der Waals surface area contributed by atoms with Gasteiger partial charge in [-0.2, -0.15) is 13.2 Å². The zero-order chi connectivity index (χ0) is 15.8. The third-order valence-electron chi connectivity index (χ3n) is 2.81. The van der Waals surface area contributed by atoms with Crippen molar-refractivity contribution >= 4 is 22.8 Å². The van der Waals surface area contributed by atoms with Crippen LogP contribution in [0.1, 0.15) is 21.6 Å². The van der Waals surface area contributed by atoms with Crippen molar-refractivity contribution in [2.45, 2.75) is 12.6 Å². The van der Waals surface area contributed by atoms with Crippen molar-refractivity contribution < 1.29 is 18.0 Å². The molecule has 0 fully saturated rings. The fourth-order valence-corrected chi connectivity index (χ4v) is 1.92. The Bertz CT molecular complexity index is 740. The van der Waals surface area contributed by atoms with Gasteiger partial charge < -0.3 is 11.5 Å². The van der Waals surface area contributed by atoms with Crippen LogP contribution in [0.25, 0.3) is 11.0 Å². The van der Waals surface area contributed by atoms with Crippen LogP contribution in [0, 0.1) is 0 Å². The number of rotatable bonds is 3. The van der Waals surface area contributed by atoms with E-state index < -0.39 is 17.8 Å². The zero-order valence-corrected chi connectivity index (χ0v) is 10.7. The lowest BCUT2D eigenvalue weighted by Crippen LogP contribution is -2.16. The number of hydrogen-bond donors (Lipinski definition) is 2. The number of halogens is 3. The predicted molar refractivity (Wildman–Crippen MR) is 71.4 cm³/mol. The van der Waals surface area contributed by atoms with Crippen LogP contribution < -0.4 is 11.5 Å². The van der Waals surface area contributed by atoms with Crippen molar-refractivity contribution in [3.8, 4) is 0 Å². The fourth-order valence-electron chi connectivity index (χ4n) is 1.92. The molecule has 2 heterocycles. The Labute approximate surface area is 117 Å². The smallest absolute Gasteiger partial charge is 0.383 e. The molecule has 0 aliphatic carbocycles. The lowest BCUT2D eigenvalue weighted by atomic mass is 10.1. The lowest BCUT2D eigenvalue weighted by Gasteiger charge is -2.12. The third-order valence-corrected chi connectivity index (χ3v) is 2.81. The normalized spacial score (nSPS) is 11.6. The molecule has 0 aliphatic rings. The largest absolute Gasteiger partial charge is 0.433 e. The van der Waals surface area contributed by atoms with Crippen LogP contribution in [0.4, 0.5) is 19.0 Å². The highest BCUT2D eigenvalue weighted by molar-refractivity contribution is 6.00. The number of fused-ring (bicyclic) bond motifs is 1. The summed E-state index contributed by atoms with van der Waals surface area (Å²) in [5.74, 6) is -1.07. The Balaban J connectivity index is 2.78. The van der Waals surface area contributed by atoms with E-state index in [1.54, 1.807) is 0 Å². The van der Waals surface area contributed by atoms with E-state index in [0.717, 1.165) is 0 Å². The van der Waals surface area contributed by atoms with Crippen molar-refractivity contribution in [3.63, 3.8) is 0 Å². The molecule has 110 valence electrons. The van der Waals surface area contributed by atoms with Gasteiger partial charge in [-0.1, -0.05) is 6.08 Å². The Kier molecular flexibility index (Phi) is 3.54. The molecule has 4 N–H and O–H groups in total. The van der Waals surface area contributed by atoms with Crippen LogP contribution in [-0.4, -0.2) is 15.9 Å². The number of nitrogens with zero attached hydrogens (tertiary/aromatic N) is 2. The first-order chi connectivity index (χ1) is 9.74. The van der Waals surface area contributed by atoms with Crippen LogP contribution >= 0.6 is 0 Å². The van der Waals surface area contributed by atoms with Crippen LogP contribution in [0.2, 0.25) is 0 Å². The average molecular weight is 296 g/mol. The number of anilines is 1. The summed E-state index contributed by atoms with van der Waals surface area (Å²) < 4.78 is 38.9. The van der Waals surface area contributed by atoms with Crippen LogP contribution in [0.3, 0.4) is 0 Å². The SMILES string of the molecule is C=CCc1cc2cc(C(N)=O)c(N)nc2nc1C(F)(F)F. The summed E-state index contributed by atoms with van der Waals surface area (Å²) in [6.07, 6.45) is -3.31. The van der Waals surface area contributed by atoms with E-state index >= 15 is 0 Å². The molecule has 0 radical (unpaired) electrons. The Morgan fingerprint density at radius 3 is 2.52 bits per heavy atom. The highest BCUT2D eigenvalue weighted by atomic mass is 19.4. The summed E-state index contributed by atoms with van der Waals surface area (Å²) in [6, 6.07) is 2.53. The molecule has 0 spiro atoms. The first-order valence-electron chi connectivity index (χ1n) is 5.82. The Hall–Kier alpha value is -2.64. The van der Waals surface area contributed by atoms with Gasteiger partial charge in [-0.15, -0.1) is 6.58 Å². The molecule has 0 aromatic carbocycles. The molecule has 0 aliphatic heterocycles. The molecular formula is C13H11F3N4O. The summed E-state index contributed by atoms with van der Waals surface area (Å²) in [6.45, 7) is 3.41. The van der Waals surface area contributed by atoms with Crippen molar-refractivity contribution in [2.75, 3.05) is 5.73 Å². The molecule has 2 aromatic heterocycles. The molecule has 2 aromatic rings. The van der Waals surface area contributed by atoms with Gasteiger partial charge in [-0.25, -0.2) is 9.97 Å². The van der Waals surface area contributed by atoms with E-state index in [1.807, 2.05) is 0 Å². The van der Waals surface area contributed by atoms with Gasteiger partial charge >= 0.3 is 6.18 Å². The number of allylic oxidation sites excluding steroid dienone is 1. The maximum atomic E-state index is 13.0. The van der Waals surface area contributed by atoms with Gasteiger partial charge in [0.2, 0.25) is 0 Å². The highest BCUT2D eigenvalue weighted by Crippen LogP contribution is 2.33.